The summed E-state index contributed by atoms with van der Waals surface area (Å²) in [5.41, 5.74) is 10.2. The third-order valence-electron chi connectivity index (χ3n) is 5.49. The number of hydrogen-bond acceptors (Lipinski definition) is 1. The molecule has 0 spiro atoms. The van der Waals surface area contributed by atoms with Gasteiger partial charge < -0.3 is 0 Å². The third kappa shape index (κ3) is 2.13. The van der Waals surface area contributed by atoms with E-state index in [0.717, 1.165) is 5.69 Å². The maximum atomic E-state index is 4.82. The molecule has 0 unspecified atom stereocenters. The second-order valence-corrected chi connectivity index (χ2v) is 7.58. The van der Waals surface area contributed by atoms with E-state index in [1.54, 1.807) is 0 Å². The molecule has 0 aliphatic heterocycles. The maximum absolute atomic E-state index is 4.82. The Labute approximate surface area is 154 Å². The second kappa shape index (κ2) is 5.54. The van der Waals surface area contributed by atoms with Gasteiger partial charge in [-0.1, -0.05) is 74.0 Å². The molecule has 5 rings (SSSR count). The van der Waals surface area contributed by atoms with Crippen molar-refractivity contribution in [2.75, 3.05) is 0 Å². The van der Waals surface area contributed by atoms with Crippen LogP contribution in [0, 0.1) is 6.92 Å². The lowest BCUT2D eigenvalue weighted by atomic mass is 9.89. The molecule has 1 aliphatic rings. The van der Waals surface area contributed by atoms with Crippen LogP contribution in [-0.2, 0) is 0 Å². The summed E-state index contributed by atoms with van der Waals surface area (Å²) in [7, 11) is 0. The topological polar surface area (TPSA) is 12.9 Å². The van der Waals surface area contributed by atoms with Crippen LogP contribution in [0.15, 0.2) is 66.9 Å². The van der Waals surface area contributed by atoms with Crippen molar-refractivity contribution >= 4 is 10.8 Å². The fourth-order valence-electron chi connectivity index (χ4n) is 4.13. The van der Waals surface area contributed by atoms with Crippen molar-refractivity contribution in [1.82, 2.24) is 4.98 Å². The zero-order valence-corrected chi connectivity index (χ0v) is 15.4. The molecular weight excluding hydrogens is 314 g/mol. The molecule has 3 aromatic carbocycles. The monoisotopic (exact) mass is 335 g/mol. The van der Waals surface area contributed by atoms with Crippen LogP contribution >= 0.6 is 0 Å². The average molecular weight is 335 g/mol. The Morgan fingerprint density at radius 1 is 0.731 bits per heavy atom. The van der Waals surface area contributed by atoms with E-state index in [9.17, 15) is 0 Å². The summed E-state index contributed by atoms with van der Waals surface area (Å²) in [4.78, 5) is 4.82. The fourth-order valence-corrected chi connectivity index (χ4v) is 4.13. The van der Waals surface area contributed by atoms with Gasteiger partial charge in [-0.2, -0.15) is 0 Å². The van der Waals surface area contributed by atoms with Crippen LogP contribution in [0.2, 0.25) is 0 Å². The van der Waals surface area contributed by atoms with Crippen LogP contribution in [0.5, 0.6) is 0 Å². The second-order valence-electron chi connectivity index (χ2n) is 7.58. The first-order valence-electron chi connectivity index (χ1n) is 9.27. The van der Waals surface area contributed by atoms with Crippen molar-refractivity contribution < 1.29 is 0 Å². The van der Waals surface area contributed by atoms with Crippen LogP contribution in [-0.4, -0.2) is 4.98 Å². The molecule has 0 amide bonds. The summed E-state index contributed by atoms with van der Waals surface area (Å²) in [6.07, 6.45) is 1.95. The van der Waals surface area contributed by atoms with Gasteiger partial charge in [0.2, 0.25) is 0 Å². The summed E-state index contributed by atoms with van der Waals surface area (Å²) < 4.78 is 0. The highest BCUT2D eigenvalue weighted by molar-refractivity contribution is 6.12. The molecular formula is C25H21N. The van der Waals surface area contributed by atoms with Gasteiger partial charge >= 0.3 is 0 Å². The summed E-state index contributed by atoms with van der Waals surface area (Å²) >= 11 is 0. The lowest BCUT2D eigenvalue weighted by Gasteiger charge is -2.15. The first-order valence-corrected chi connectivity index (χ1v) is 9.27. The fraction of sp³-hybridized carbons (Fsp3) is 0.160. The van der Waals surface area contributed by atoms with Gasteiger partial charge in [0.15, 0.2) is 0 Å². The van der Waals surface area contributed by atoms with E-state index in [0.29, 0.717) is 5.92 Å². The standard InChI is InChI=1S/C25H21N/c1-15(2)18-13-17-10-11-26-25-21-7-5-4-6-19(21)22-12-16(3)8-9-20(22)23(14-18)24(17)25/h4-15H,1-3H3. The Hall–Kier alpha value is -2.93. The van der Waals surface area contributed by atoms with Gasteiger partial charge in [0.25, 0.3) is 0 Å². The zero-order valence-electron chi connectivity index (χ0n) is 15.4. The SMILES string of the molecule is Cc1ccc2c(c1)-c1ccccc1-c1nccc3cc(C(C)C)cc-2c13. The third-order valence-corrected chi connectivity index (χ3v) is 5.49. The molecule has 1 heteroatoms. The van der Waals surface area contributed by atoms with Crippen molar-refractivity contribution in [1.29, 1.82) is 0 Å². The average Bonchev–Trinajstić information content (AvgIpc) is 2.77. The Bertz CT molecular complexity index is 1170. The number of fused-ring (bicyclic) bond motifs is 5. The van der Waals surface area contributed by atoms with E-state index >= 15 is 0 Å². The molecule has 1 nitrogen and oxygen atoms in total. The summed E-state index contributed by atoms with van der Waals surface area (Å²) in [6, 6.07) is 22.3. The first-order chi connectivity index (χ1) is 12.6. The van der Waals surface area contributed by atoms with Gasteiger partial charge in [-0.15, -0.1) is 0 Å². The number of pyridine rings is 1. The van der Waals surface area contributed by atoms with Gasteiger partial charge in [-0.25, -0.2) is 0 Å². The van der Waals surface area contributed by atoms with Gasteiger partial charge in [-0.05, 0) is 52.1 Å². The minimum Gasteiger partial charge on any atom is -0.256 e. The van der Waals surface area contributed by atoms with Crippen molar-refractivity contribution in [3.05, 3.63) is 78.0 Å². The van der Waals surface area contributed by atoms with Crippen molar-refractivity contribution in [2.24, 2.45) is 0 Å². The Morgan fingerprint density at radius 3 is 2.31 bits per heavy atom. The van der Waals surface area contributed by atoms with Crippen LogP contribution in [0.1, 0.15) is 30.9 Å². The smallest absolute Gasteiger partial charge is 0.0792 e. The number of benzene rings is 3. The molecule has 0 bridgehead atoms. The quantitative estimate of drug-likeness (QED) is 0.322. The highest BCUT2D eigenvalue weighted by Crippen LogP contribution is 2.47. The molecule has 0 saturated carbocycles. The molecule has 1 aliphatic carbocycles. The molecule has 0 saturated heterocycles. The van der Waals surface area contributed by atoms with Crippen molar-refractivity contribution in [3.8, 4) is 33.5 Å². The number of hydrogen-bond donors (Lipinski definition) is 0. The minimum absolute atomic E-state index is 0.492. The normalized spacial score (nSPS) is 12.0. The number of aromatic nitrogens is 1. The summed E-state index contributed by atoms with van der Waals surface area (Å²) in [5, 5.41) is 2.55. The number of rotatable bonds is 1. The first kappa shape index (κ1) is 15.3. The molecule has 0 fully saturated rings. The van der Waals surface area contributed by atoms with Gasteiger partial charge in [0, 0.05) is 17.1 Å². The van der Waals surface area contributed by atoms with Gasteiger partial charge in [0.1, 0.15) is 0 Å². The lowest BCUT2D eigenvalue weighted by Crippen LogP contribution is -1.93. The predicted octanol–water partition coefficient (Wildman–Crippen LogP) is 6.98. The van der Waals surface area contributed by atoms with E-state index in [-0.39, 0.29) is 0 Å². The van der Waals surface area contributed by atoms with Crippen LogP contribution in [0.3, 0.4) is 0 Å². The van der Waals surface area contributed by atoms with Crippen molar-refractivity contribution in [2.45, 2.75) is 26.7 Å². The minimum atomic E-state index is 0.492. The Balaban J connectivity index is 2.03. The molecule has 1 heterocycles. The molecule has 0 radical (unpaired) electrons. The largest absolute Gasteiger partial charge is 0.256 e. The highest BCUT2D eigenvalue weighted by Gasteiger charge is 2.22. The molecule has 0 N–H and O–H groups in total. The van der Waals surface area contributed by atoms with Crippen LogP contribution in [0.4, 0.5) is 0 Å². The van der Waals surface area contributed by atoms with E-state index in [1.807, 2.05) is 6.20 Å². The van der Waals surface area contributed by atoms with E-state index in [4.69, 9.17) is 4.98 Å². The summed E-state index contributed by atoms with van der Waals surface area (Å²) in [6.45, 7) is 6.69. The molecule has 26 heavy (non-hydrogen) atoms. The van der Waals surface area contributed by atoms with Crippen molar-refractivity contribution in [3.63, 3.8) is 0 Å². The number of nitrogens with zero attached hydrogens (tertiary/aromatic N) is 1. The van der Waals surface area contributed by atoms with E-state index in [2.05, 4.69) is 81.4 Å². The lowest BCUT2D eigenvalue weighted by molar-refractivity contribution is 0.869. The molecule has 4 aromatic rings. The van der Waals surface area contributed by atoms with E-state index < -0.39 is 0 Å². The number of aryl methyl sites for hydroxylation is 1. The Kier molecular flexibility index (Phi) is 3.27. The zero-order chi connectivity index (χ0) is 17.8. The van der Waals surface area contributed by atoms with Crippen LogP contribution in [0.25, 0.3) is 44.3 Å². The Morgan fingerprint density at radius 2 is 1.50 bits per heavy atom. The molecule has 0 atom stereocenters. The van der Waals surface area contributed by atoms with Crippen LogP contribution < -0.4 is 0 Å². The maximum Gasteiger partial charge on any atom is 0.0792 e. The molecule has 126 valence electrons. The highest BCUT2D eigenvalue weighted by atomic mass is 14.7. The van der Waals surface area contributed by atoms with E-state index in [1.165, 1.54) is 49.7 Å². The summed E-state index contributed by atoms with van der Waals surface area (Å²) in [5.74, 6) is 0.492. The predicted molar refractivity (Wildman–Crippen MR) is 110 cm³/mol. The van der Waals surface area contributed by atoms with Gasteiger partial charge in [0.05, 0.1) is 5.69 Å². The molecule has 1 aromatic heterocycles. The van der Waals surface area contributed by atoms with Gasteiger partial charge in [-0.3, -0.25) is 4.98 Å².